The second-order valence-corrected chi connectivity index (χ2v) is 9.27. The molecule has 0 amide bonds. The topological polar surface area (TPSA) is 107 Å². The Kier molecular flexibility index (Phi) is 6.68. The number of ketones is 1. The molecular weight excluding hydrogens is 497 g/mol. The fraction of sp³-hybridized carbons (Fsp3) is 0.207. The van der Waals surface area contributed by atoms with Crippen molar-refractivity contribution in [1.29, 1.82) is 0 Å². The van der Waals surface area contributed by atoms with Gasteiger partial charge in [0.15, 0.2) is 17.4 Å². The summed E-state index contributed by atoms with van der Waals surface area (Å²) in [6.07, 6.45) is 7.82. The van der Waals surface area contributed by atoms with E-state index in [4.69, 9.17) is 19.7 Å². The Labute approximate surface area is 223 Å². The molecule has 39 heavy (non-hydrogen) atoms. The van der Waals surface area contributed by atoms with E-state index in [1.54, 1.807) is 18.6 Å². The molecule has 0 atom stereocenters. The molecular formula is C29H24FN7O2. The van der Waals surface area contributed by atoms with Crippen LogP contribution in [0.3, 0.4) is 0 Å². The average molecular weight is 522 g/mol. The van der Waals surface area contributed by atoms with Gasteiger partial charge >= 0.3 is 0 Å². The van der Waals surface area contributed by atoms with Crippen LogP contribution in [0.15, 0.2) is 67.4 Å². The summed E-state index contributed by atoms with van der Waals surface area (Å²) in [7, 11) is 0. The summed E-state index contributed by atoms with van der Waals surface area (Å²) < 4.78 is 19.1. The number of rotatable bonds is 6. The Bertz CT molecular complexity index is 1670. The highest BCUT2D eigenvalue weighted by atomic mass is 19.1. The van der Waals surface area contributed by atoms with Crippen molar-refractivity contribution in [3.8, 4) is 22.5 Å². The van der Waals surface area contributed by atoms with Gasteiger partial charge in [-0.05, 0) is 30.2 Å². The van der Waals surface area contributed by atoms with Crippen LogP contribution in [0.2, 0.25) is 0 Å². The van der Waals surface area contributed by atoms with Gasteiger partial charge in [0.2, 0.25) is 0 Å². The van der Waals surface area contributed by atoms with Crippen LogP contribution in [0.4, 0.5) is 10.2 Å². The zero-order valence-electron chi connectivity index (χ0n) is 21.2. The first-order valence-electron chi connectivity index (χ1n) is 12.6. The summed E-state index contributed by atoms with van der Waals surface area (Å²) in [6.45, 7) is 4.47. The fourth-order valence-electron chi connectivity index (χ4n) is 4.51. The van der Waals surface area contributed by atoms with E-state index in [0.29, 0.717) is 49.0 Å². The van der Waals surface area contributed by atoms with Crippen LogP contribution in [-0.2, 0) is 11.2 Å². The molecule has 5 heterocycles. The number of fused-ring (bicyclic) bond motifs is 1. The van der Waals surface area contributed by atoms with Crippen molar-refractivity contribution in [2.24, 2.45) is 0 Å². The fourth-order valence-corrected chi connectivity index (χ4v) is 4.51. The molecule has 5 aromatic rings. The lowest BCUT2D eigenvalue weighted by atomic mass is 9.99. The summed E-state index contributed by atoms with van der Waals surface area (Å²) in [4.78, 5) is 41.7. The number of Topliss-reactive ketones (excluding diaryl/α,β-unsaturated/α-hetero) is 1. The predicted octanol–water partition coefficient (Wildman–Crippen LogP) is 4.25. The number of anilines is 1. The number of ether oxygens (including phenoxy) is 1. The molecule has 1 aliphatic heterocycles. The number of morpholine rings is 1. The highest BCUT2D eigenvalue weighted by Crippen LogP contribution is 2.30. The third-order valence-electron chi connectivity index (χ3n) is 6.52. The van der Waals surface area contributed by atoms with Crippen molar-refractivity contribution in [3.05, 3.63) is 90.2 Å². The molecule has 0 N–H and O–H groups in total. The van der Waals surface area contributed by atoms with Crippen LogP contribution in [-0.4, -0.2) is 62.0 Å². The first-order valence-corrected chi connectivity index (χ1v) is 12.6. The van der Waals surface area contributed by atoms with Crippen LogP contribution in [0.5, 0.6) is 0 Å². The van der Waals surface area contributed by atoms with Gasteiger partial charge in [0, 0.05) is 55.4 Å². The Morgan fingerprint density at radius 2 is 1.72 bits per heavy atom. The Morgan fingerprint density at radius 3 is 2.51 bits per heavy atom. The summed E-state index contributed by atoms with van der Waals surface area (Å²) in [5, 5.41) is 0. The minimum atomic E-state index is -0.535. The third kappa shape index (κ3) is 5.32. The molecule has 1 saturated heterocycles. The molecule has 0 spiro atoms. The molecule has 1 fully saturated rings. The van der Waals surface area contributed by atoms with Gasteiger partial charge in [-0.15, -0.1) is 0 Å². The van der Waals surface area contributed by atoms with Gasteiger partial charge in [-0.2, -0.15) is 0 Å². The second kappa shape index (κ2) is 10.6. The van der Waals surface area contributed by atoms with Crippen molar-refractivity contribution >= 4 is 22.6 Å². The van der Waals surface area contributed by atoms with Gasteiger partial charge in [-0.1, -0.05) is 24.3 Å². The summed E-state index contributed by atoms with van der Waals surface area (Å²) >= 11 is 0. The SMILES string of the molecule is Cc1ncc(-c2nc(N3CCOCC3)c3ncc(-c4cccc(CC(=O)c5cncc(F)c5)c4)cc3n2)cn1. The third-order valence-corrected chi connectivity index (χ3v) is 6.52. The predicted molar refractivity (Wildman–Crippen MR) is 144 cm³/mol. The van der Waals surface area contributed by atoms with E-state index in [1.807, 2.05) is 37.3 Å². The van der Waals surface area contributed by atoms with Crippen LogP contribution in [0, 0.1) is 12.7 Å². The molecule has 0 aliphatic carbocycles. The van der Waals surface area contributed by atoms with E-state index in [2.05, 4.69) is 19.9 Å². The Morgan fingerprint density at radius 1 is 0.923 bits per heavy atom. The number of halogens is 1. The number of carbonyl (C=O) groups is 1. The maximum absolute atomic E-state index is 13.5. The van der Waals surface area contributed by atoms with Gasteiger partial charge < -0.3 is 9.64 Å². The highest BCUT2D eigenvalue weighted by Gasteiger charge is 2.20. The standard InChI is InChI=1S/C29H24FN7O2/c1-18-32-15-23(16-33-18)28-35-25-12-21(14-34-27(25)29(36-28)37-5-7-39-8-6-37)20-4-2-3-19(9-20)10-26(38)22-11-24(30)17-31-13-22/h2-4,9,11-17H,5-8,10H2,1H3. The molecule has 4 aromatic heterocycles. The second-order valence-electron chi connectivity index (χ2n) is 9.27. The minimum Gasteiger partial charge on any atom is -0.378 e. The zero-order valence-corrected chi connectivity index (χ0v) is 21.2. The first kappa shape index (κ1) is 24.6. The maximum atomic E-state index is 13.5. The van der Waals surface area contributed by atoms with Gasteiger partial charge in [0.05, 0.1) is 30.5 Å². The number of aryl methyl sites for hydroxylation is 1. The van der Waals surface area contributed by atoms with Crippen LogP contribution in [0.1, 0.15) is 21.7 Å². The number of hydrogen-bond acceptors (Lipinski definition) is 9. The number of benzene rings is 1. The quantitative estimate of drug-likeness (QED) is 0.303. The molecule has 10 heteroatoms. The largest absolute Gasteiger partial charge is 0.378 e. The van der Waals surface area contributed by atoms with Crippen LogP contribution < -0.4 is 4.90 Å². The number of pyridine rings is 2. The molecule has 0 radical (unpaired) electrons. The lowest BCUT2D eigenvalue weighted by Crippen LogP contribution is -2.37. The first-order chi connectivity index (χ1) is 19.0. The lowest BCUT2D eigenvalue weighted by molar-refractivity contribution is 0.0992. The van der Waals surface area contributed by atoms with E-state index in [-0.39, 0.29) is 17.8 Å². The Balaban J connectivity index is 1.38. The van der Waals surface area contributed by atoms with Crippen molar-refractivity contribution in [1.82, 2.24) is 29.9 Å². The zero-order chi connectivity index (χ0) is 26.8. The van der Waals surface area contributed by atoms with E-state index in [0.717, 1.165) is 34.3 Å². The number of nitrogens with zero attached hydrogens (tertiary/aromatic N) is 7. The monoisotopic (exact) mass is 521 g/mol. The van der Waals surface area contributed by atoms with E-state index in [1.165, 1.54) is 12.3 Å². The molecule has 0 unspecified atom stereocenters. The number of hydrogen-bond donors (Lipinski definition) is 0. The number of aromatic nitrogens is 6. The van der Waals surface area contributed by atoms with Gasteiger partial charge in [-0.25, -0.2) is 24.3 Å². The average Bonchev–Trinajstić information content (AvgIpc) is 2.97. The lowest BCUT2D eigenvalue weighted by Gasteiger charge is -2.28. The molecule has 1 aliphatic rings. The van der Waals surface area contributed by atoms with Gasteiger partial charge in [0.1, 0.15) is 17.2 Å². The highest BCUT2D eigenvalue weighted by molar-refractivity contribution is 5.97. The van der Waals surface area contributed by atoms with Crippen molar-refractivity contribution in [2.45, 2.75) is 13.3 Å². The minimum absolute atomic E-state index is 0.126. The summed E-state index contributed by atoms with van der Waals surface area (Å²) in [5.41, 5.74) is 4.88. The number of carbonyl (C=O) groups excluding carboxylic acids is 1. The molecule has 6 rings (SSSR count). The normalized spacial score (nSPS) is 13.5. The molecule has 9 nitrogen and oxygen atoms in total. The Hall–Kier alpha value is -4.70. The molecule has 0 saturated carbocycles. The van der Waals surface area contributed by atoms with Crippen LogP contribution >= 0.6 is 0 Å². The molecule has 0 bridgehead atoms. The van der Waals surface area contributed by atoms with Crippen LogP contribution in [0.25, 0.3) is 33.5 Å². The van der Waals surface area contributed by atoms with Crippen molar-refractivity contribution in [2.75, 3.05) is 31.2 Å². The molecule has 194 valence electrons. The smallest absolute Gasteiger partial charge is 0.168 e. The van der Waals surface area contributed by atoms with E-state index in [9.17, 15) is 9.18 Å². The molecule has 1 aromatic carbocycles. The summed E-state index contributed by atoms with van der Waals surface area (Å²) in [6, 6.07) is 10.8. The van der Waals surface area contributed by atoms with E-state index < -0.39 is 5.82 Å². The van der Waals surface area contributed by atoms with E-state index >= 15 is 0 Å². The van der Waals surface area contributed by atoms with Gasteiger partial charge in [-0.3, -0.25) is 14.8 Å². The van der Waals surface area contributed by atoms with Gasteiger partial charge in [0.25, 0.3) is 0 Å². The van der Waals surface area contributed by atoms with Crippen molar-refractivity contribution in [3.63, 3.8) is 0 Å². The van der Waals surface area contributed by atoms with Crippen molar-refractivity contribution < 1.29 is 13.9 Å². The maximum Gasteiger partial charge on any atom is 0.168 e. The summed E-state index contributed by atoms with van der Waals surface area (Å²) in [5.74, 6) is 1.19.